The van der Waals surface area contributed by atoms with Crippen LogP contribution in [0.5, 0.6) is 0 Å². The number of rotatable bonds is 8. The van der Waals surface area contributed by atoms with Gasteiger partial charge >= 0.3 is 12.1 Å². The number of nitrogens with zero attached hydrogens (tertiary/aromatic N) is 2. The predicted octanol–water partition coefficient (Wildman–Crippen LogP) is 5.22. The van der Waals surface area contributed by atoms with Crippen LogP contribution < -0.4 is 5.32 Å². The molecule has 1 saturated heterocycles. The first kappa shape index (κ1) is 28.8. The van der Waals surface area contributed by atoms with E-state index in [2.05, 4.69) is 22.4 Å². The molecule has 2 aromatic carbocycles. The molecule has 8 nitrogen and oxygen atoms in total. The van der Waals surface area contributed by atoms with Gasteiger partial charge in [-0.2, -0.15) is 0 Å². The summed E-state index contributed by atoms with van der Waals surface area (Å²) in [6.45, 7) is 6.24. The highest BCUT2D eigenvalue weighted by Gasteiger charge is 2.37. The molecule has 2 atom stereocenters. The van der Waals surface area contributed by atoms with Crippen LogP contribution in [0.3, 0.4) is 0 Å². The number of hydrogen-bond acceptors (Lipinski definition) is 5. The fourth-order valence-corrected chi connectivity index (χ4v) is 5.06. The van der Waals surface area contributed by atoms with Crippen LogP contribution in [0.25, 0.3) is 0 Å². The van der Waals surface area contributed by atoms with Crippen LogP contribution in [-0.4, -0.2) is 51.7 Å². The summed E-state index contributed by atoms with van der Waals surface area (Å²) in [5.74, 6) is -2.14. The lowest BCUT2D eigenvalue weighted by Gasteiger charge is -2.37. The number of piperidine rings is 1. The number of hydrogen-bond donors (Lipinski definition) is 2. The van der Waals surface area contributed by atoms with E-state index in [9.17, 15) is 19.5 Å². The van der Waals surface area contributed by atoms with Gasteiger partial charge in [0, 0.05) is 37.9 Å². The Bertz CT molecular complexity index is 1340. The van der Waals surface area contributed by atoms with Gasteiger partial charge in [-0.05, 0) is 68.4 Å². The highest BCUT2D eigenvalue weighted by atomic mass is 16.6. The summed E-state index contributed by atoms with van der Waals surface area (Å²) in [7, 11) is 0. The number of ether oxygens (including phenoxy) is 1. The molecule has 0 radical (unpaired) electrons. The molecule has 1 fully saturated rings. The molecule has 8 heteroatoms. The zero-order valence-corrected chi connectivity index (χ0v) is 23.3. The van der Waals surface area contributed by atoms with Crippen molar-refractivity contribution < 1.29 is 24.2 Å². The van der Waals surface area contributed by atoms with Crippen LogP contribution in [0, 0.1) is 5.92 Å². The zero-order chi connectivity index (χ0) is 28.7. The largest absolute Gasteiger partial charge is 0.481 e. The third-order valence-corrected chi connectivity index (χ3v) is 7.02. The first-order valence-electron chi connectivity index (χ1n) is 13.6. The SMILES string of the molecule is CC(C)(C)OC(=O)NCc1cccc([C@@H]2CCN(C(=O)c3cncc(CCc4ccccc4)c3)C[C@H]2C(=O)O)c1. The summed E-state index contributed by atoms with van der Waals surface area (Å²) in [6.07, 6.45) is 4.95. The number of amides is 2. The molecule has 2 amide bonds. The zero-order valence-electron chi connectivity index (χ0n) is 23.3. The van der Waals surface area contributed by atoms with Crippen LogP contribution in [0.15, 0.2) is 73.1 Å². The molecule has 4 rings (SSSR count). The third-order valence-electron chi connectivity index (χ3n) is 7.02. The molecule has 2 heterocycles. The van der Waals surface area contributed by atoms with E-state index in [0.717, 1.165) is 29.5 Å². The number of alkyl carbamates (subject to hydrolysis) is 1. The summed E-state index contributed by atoms with van der Waals surface area (Å²) in [6, 6.07) is 19.6. The predicted molar refractivity (Wildman–Crippen MR) is 152 cm³/mol. The molecular weight excluding hydrogens is 506 g/mol. The summed E-state index contributed by atoms with van der Waals surface area (Å²) in [4.78, 5) is 43.7. The van der Waals surface area contributed by atoms with Gasteiger partial charge in [-0.25, -0.2) is 4.79 Å². The lowest BCUT2D eigenvalue weighted by atomic mass is 9.80. The number of carbonyl (C=O) groups excluding carboxylic acids is 2. The molecular formula is C32H37N3O5. The number of carboxylic acids is 1. The molecule has 0 aliphatic carbocycles. The minimum Gasteiger partial charge on any atom is -0.481 e. The van der Waals surface area contributed by atoms with Crippen LogP contribution in [0.4, 0.5) is 4.79 Å². The summed E-state index contributed by atoms with van der Waals surface area (Å²) in [5.41, 5.74) is 3.80. The topological polar surface area (TPSA) is 109 Å². The van der Waals surface area contributed by atoms with E-state index in [1.807, 2.05) is 48.5 Å². The van der Waals surface area contributed by atoms with Gasteiger partial charge in [0.25, 0.3) is 5.91 Å². The molecule has 0 bridgehead atoms. The lowest BCUT2D eigenvalue weighted by molar-refractivity contribution is -0.144. The van der Waals surface area contributed by atoms with Gasteiger partial charge in [0.05, 0.1) is 11.5 Å². The summed E-state index contributed by atoms with van der Waals surface area (Å²) in [5, 5.41) is 12.8. The molecule has 0 saturated carbocycles. The standard InChI is InChI=1S/C32H37N3O5/c1-32(2,3)40-31(39)34-19-23-10-7-11-25(16-23)27-14-15-35(21-28(27)30(37)38)29(36)26-17-24(18-33-20-26)13-12-22-8-5-4-6-9-22/h4-11,16-18,20,27-28H,12-15,19,21H2,1-3H3,(H,34,39)(H,37,38)/t27-,28+/m0/s1. The van der Waals surface area contributed by atoms with Crippen molar-refractivity contribution >= 4 is 18.0 Å². The van der Waals surface area contributed by atoms with E-state index in [4.69, 9.17) is 4.74 Å². The molecule has 3 aromatic rings. The van der Waals surface area contributed by atoms with Crippen molar-refractivity contribution in [3.05, 3.63) is 101 Å². The second-order valence-corrected chi connectivity index (χ2v) is 11.3. The van der Waals surface area contributed by atoms with Crippen molar-refractivity contribution in [2.45, 2.75) is 58.1 Å². The Morgan fingerprint density at radius 3 is 2.42 bits per heavy atom. The average Bonchev–Trinajstić information content (AvgIpc) is 2.94. The first-order chi connectivity index (χ1) is 19.1. The van der Waals surface area contributed by atoms with Crippen LogP contribution >= 0.6 is 0 Å². The molecule has 2 N–H and O–H groups in total. The number of likely N-dealkylation sites (tertiary alicyclic amines) is 1. The Hall–Kier alpha value is -4.20. The lowest BCUT2D eigenvalue weighted by Crippen LogP contribution is -2.45. The molecule has 0 spiro atoms. The number of benzene rings is 2. The van der Waals surface area contributed by atoms with E-state index in [0.29, 0.717) is 18.5 Å². The highest BCUT2D eigenvalue weighted by Crippen LogP contribution is 2.34. The Morgan fingerprint density at radius 2 is 1.70 bits per heavy atom. The minimum atomic E-state index is -0.936. The number of aryl methyl sites for hydroxylation is 2. The fraction of sp³-hybridized carbons (Fsp3) is 0.375. The molecule has 1 aliphatic heterocycles. The van der Waals surface area contributed by atoms with Crippen LogP contribution in [0.1, 0.15) is 65.7 Å². The fourth-order valence-electron chi connectivity index (χ4n) is 5.06. The normalized spacial score (nSPS) is 17.2. The van der Waals surface area contributed by atoms with Crippen molar-refractivity contribution in [3.8, 4) is 0 Å². The smallest absolute Gasteiger partial charge is 0.407 e. The second-order valence-electron chi connectivity index (χ2n) is 11.3. The maximum absolute atomic E-state index is 13.4. The van der Waals surface area contributed by atoms with Crippen molar-refractivity contribution in [1.82, 2.24) is 15.2 Å². The molecule has 40 heavy (non-hydrogen) atoms. The van der Waals surface area contributed by atoms with Crippen LogP contribution in [0.2, 0.25) is 0 Å². The Labute approximate surface area is 235 Å². The van der Waals surface area contributed by atoms with E-state index in [-0.39, 0.29) is 24.9 Å². The Balaban J connectivity index is 1.40. The molecule has 1 aromatic heterocycles. The maximum Gasteiger partial charge on any atom is 0.407 e. The van der Waals surface area contributed by atoms with Gasteiger partial charge in [-0.15, -0.1) is 0 Å². The van der Waals surface area contributed by atoms with Gasteiger partial charge < -0.3 is 20.1 Å². The number of carboxylic acid groups (broad SMARTS) is 1. The van der Waals surface area contributed by atoms with Gasteiger partial charge in [-0.1, -0.05) is 54.6 Å². The number of pyridine rings is 1. The van der Waals surface area contributed by atoms with E-state index >= 15 is 0 Å². The van der Waals surface area contributed by atoms with Crippen molar-refractivity contribution in [1.29, 1.82) is 0 Å². The van der Waals surface area contributed by atoms with Gasteiger partial charge in [0.15, 0.2) is 0 Å². The quantitative estimate of drug-likeness (QED) is 0.403. The third kappa shape index (κ3) is 7.91. The summed E-state index contributed by atoms with van der Waals surface area (Å²) < 4.78 is 5.30. The van der Waals surface area contributed by atoms with Gasteiger partial charge in [-0.3, -0.25) is 14.6 Å². The minimum absolute atomic E-state index is 0.119. The maximum atomic E-state index is 13.4. The average molecular weight is 544 g/mol. The van der Waals surface area contributed by atoms with Crippen LogP contribution in [-0.2, 0) is 28.9 Å². The van der Waals surface area contributed by atoms with Gasteiger partial charge in [0.1, 0.15) is 5.60 Å². The summed E-state index contributed by atoms with van der Waals surface area (Å²) >= 11 is 0. The number of nitrogens with one attached hydrogen (secondary N) is 1. The second kappa shape index (κ2) is 12.8. The number of carbonyl (C=O) groups is 3. The molecule has 210 valence electrons. The van der Waals surface area contributed by atoms with E-state index < -0.39 is 23.6 Å². The van der Waals surface area contributed by atoms with E-state index in [1.165, 1.54) is 5.56 Å². The Morgan fingerprint density at radius 1 is 0.975 bits per heavy atom. The monoisotopic (exact) mass is 543 g/mol. The molecule has 1 aliphatic rings. The van der Waals surface area contributed by atoms with E-state index in [1.54, 1.807) is 38.1 Å². The number of aliphatic carboxylic acids is 1. The van der Waals surface area contributed by atoms with Crippen molar-refractivity contribution in [3.63, 3.8) is 0 Å². The Kier molecular flexibility index (Phi) is 9.19. The highest BCUT2D eigenvalue weighted by molar-refractivity contribution is 5.94. The first-order valence-corrected chi connectivity index (χ1v) is 13.6. The van der Waals surface area contributed by atoms with Crippen molar-refractivity contribution in [2.24, 2.45) is 5.92 Å². The molecule has 0 unspecified atom stereocenters. The van der Waals surface area contributed by atoms with Gasteiger partial charge in [0.2, 0.25) is 0 Å². The number of aromatic nitrogens is 1. The van der Waals surface area contributed by atoms with Crippen molar-refractivity contribution in [2.75, 3.05) is 13.1 Å².